The lowest BCUT2D eigenvalue weighted by Crippen LogP contribution is -2.47. The van der Waals surface area contributed by atoms with E-state index in [1.54, 1.807) is 0 Å². The van der Waals surface area contributed by atoms with Crippen LogP contribution in [0.4, 0.5) is 0 Å². The van der Waals surface area contributed by atoms with E-state index < -0.39 is 0 Å². The van der Waals surface area contributed by atoms with Crippen LogP contribution in [0.3, 0.4) is 0 Å². The third-order valence-electron chi connectivity index (χ3n) is 3.81. The molecule has 0 aromatic heterocycles. The van der Waals surface area contributed by atoms with Gasteiger partial charge in [0.05, 0.1) is 6.04 Å². The van der Waals surface area contributed by atoms with Crippen LogP contribution in [0.25, 0.3) is 0 Å². The highest BCUT2D eigenvalue weighted by atomic mass is 32.2. The molecule has 0 saturated carbocycles. The van der Waals surface area contributed by atoms with Gasteiger partial charge >= 0.3 is 0 Å². The molecule has 0 radical (unpaired) electrons. The predicted molar refractivity (Wildman–Crippen MR) is 81.5 cm³/mol. The molecule has 2 rings (SSSR count). The van der Waals surface area contributed by atoms with Gasteiger partial charge in [-0.3, -0.25) is 4.99 Å². The van der Waals surface area contributed by atoms with E-state index in [2.05, 4.69) is 31.0 Å². The highest BCUT2D eigenvalue weighted by Crippen LogP contribution is 2.23. The van der Waals surface area contributed by atoms with Crippen LogP contribution >= 0.6 is 11.8 Å². The van der Waals surface area contributed by atoms with Crippen LogP contribution in [0.15, 0.2) is 4.99 Å². The van der Waals surface area contributed by atoms with Crippen molar-refractivity contribution in [1.29, 1.82) is 0 Å². The first-order valence-corrected chi connectivity index (χ1v) is 8.29. The summed E-state index contributed by atoms with van der Waals surface area (Å²) in [4.78, 5) is 7.50. The van der Waals surface area contributed by atoms with Gasteiger partial charge in [0.25, 0.3) is 0 Å². The summed E-state index contributed by atoms with van der Waals surface area (Å²) in [6.45, 7) is 10.5. The average Bonchev–Trinajstić information content (AvgIpc) is 2.31. The van der Waals surface area contributed by atoms with Gasteiger partial charge in [-0.2, -0.15) is 0 Å². The number of nitrogens with zero attached hydrogens (tertiary/aromatic N) is 2. The van der Waals surface area contributed by atoms with Gasteiger partial charge in [0.2, 0.25) is 0 Å². The Hall–Kier alpha value is -0.220. The van der Waals surface area contributed by atoms with Gasteiger partial charge < -0.3 is 10.2 Å². The zero-order valence-corrected chi connectivity index (χ0v) is 12.9. The van der Waals surface area contributed by atoms with Crippen molar-refractivity contribution in [3.63, 3.8) is 0 Å². The van der Waals surface area contributed by atoms with E-state index in [0.717, 1.165) is 0 Å². The molecule has 2 aliphatic heterocycles. The average molecular weight is 269 g/mol. The second-order valence-corrected chi connectivity index (χ2v) is 7.20. The second kappa shape index (κ2) is 6.29. The number of aliphatic imine (C=N–C) groups is 1. The van der Waals surface area contributed by atoms with Crippen LogP contribution in [0.1, 0.15) is 46.5 Å². The van der Waals surface area contributed by atoms with Gasteiger partial charge in [-0.15, -0.1) is 0 Å². The topological polar surface area (TPSA) is 27.6 Å². The van der Waals surface area contributed by atoms with Crippen LogP contribution in [-0.2, 0) is 0 Å². The summed E-state index contributed by atoms with van der Waals surface area (Å²) in [6, 6.07) is 0.544. The van der Waals surface area contributed by atoms with Gasteiger partial charge in [-0.25, -0.2) is 0 Å². The van der Waals surface area contributed by atoms with Crippen molar-refractivity contribution in [1.82, 2.24) is 10.2 Å². The first kappa shape index (κ1) is 14.2. The Morgan fingerprint density at radius 2 is 2.11 bits per heavy atom. The maximum Gasteiger partial charge on any atom is 0.157 e. The summed E-state index contributed by atoms with van der Waals surface area (Å²) in [7, 11) is 0. The van der Waals surface area contributed by atoms with E-state index in [1.807, 2.05) is 11.8 Å². The fraction of sp³-hybridized carbons (Fsp3) is 0.929. The minimum Gasteiger partial charge on any atom is -0.360 e. The molecule has 2 aliphatic rings. The molecule has 2 fully saturated rings. The first-order valence-electron chi connectivity index (χ1n) is 7.30. The van der Waals surface area contributed by atoms with Gasteiger partial charge in [-0.1, -0.05) is 18.7 Å². The summed E-state index contributed by atoms with van der Waals surface area (Å²) in [6.07, 6.45) is 4.95. The standard InChI is InChI=1S/C14H27N3S/c1-4-8-17-9-5-12(6-10-17)15-13-16-14(2,3)7-11-18-13/h12H,4-11H2,1-3H3,(H,15,16). The fourth-order valence-electron chi connectivity index (χ4n) is 2.61. The Labute approximate surface area is 116 Å². The van der Waals surface area contributed by atoms with Crippen molar-refractivity contribution in [2.24, 2.45) is 4.99 Å². The minimum absolute atomic E-state index is 0.229. The molecule has 0 atom stereocenters. The van der Waals surface area contributed by atoms with Crippen molar-refractivity contribution in [2.45, 2.75) is 58.0 Å². The van der Waals surface area contributed by atoms with E-state index >= 15 is 0 Å². The Kier molecular flexibility index (Phi) is 4.96. The number of thioether (sulfide) groups is 1. The summed E-state index contributed by atoms with van der Waals surface area (Å²) in [5.41, 5.74) is 0.229. The third-order valence-corrected chi connectivity index (χ3v) is 4.70. The number of piperidine rings is 1. The molecule has 1 N–H and O–H groups in total. The predicted octanol–water partition coefficient (Wildman–Crippen LogP) is 2.72. The summed E-state index contributed by atoms with van der Waals surface area (Å²) in [5, 5.41) is 4.76. The quantitative estimate of drug-likeness (QED) is 0.854. The van der Waals surface area contributed by atoms with Crippen molar-refractivity contribution < 1.29 is 0 Å². The Balaban J connectivity index is 1.83. The fourth-order valence-corrected chi connectivity index (χ4v) is 3.99. The number of hydrogen-bond donors (Lipinski definition) is 1. The van der Waals surface area contributed by atoms with Crippen LogP contribution in [0.5, 0.6) is 0 Å². The Bertz CT molecular complexity index is 293. The van der Waals surface area contributed by atoms with Crippen LogP contribution in [0, 0.1) is 0 Å². The van der Waals surface area contributed by atoms with Crippen molar-refractivity contribution in [2.75, 3.05) is 25.4 Å². The number of hydrogen-bond acceptors (Lipinski definition) is 3. The van der Waals surface area contributed by atoms with E-state index in [1.165, 1.54) is 56.2 Å². The molecule has 0 bridgehead atoms. The summed E-state index contributed by atoms with van der Waals surface area (Å²) >= 11 is 1.90. The smallest absolute Gasteiger partial charge is 0.157 e. The van der Waals surface area contributed by atoms with Crippen molar-refractivity contribution in [3.8, 4) is 0 Å². The molecule has 0 spiro atoms. The molecular formula is C14H27N3S. The van der Waals surface area contributed by atoms with Crippen LogP contribution < -0.4 is 5.32 Å². The number of amidine groups is 1. The molecule has 2 saturated heterocycles. The second-order valence-electron chi connectivity index (χ2n) is 6.11. The lowest BCUT2D eigenvalue weighted by atomic mass is 10.0. The van der Waals surface area contributed by atoms with E-state index in [-0.39, 0.29) is 5.54 Å². The molecule has 2 heterocycles. The highest BCUT2D eigenvalue weighted by Gasteiger charge is 2.25. The lowest BCUT2D eigenvalue weighted by Gasteiger charge is -2.34. The number of nitrogens with one attached hydrogen (secondary N) is 1. The Morgan fingerprint density at radius 1 is 1.39 bits per heavy atom. The molecule has 0 aromatic carbocycles. The number of likely N-dealkylation sites (tertiary alicyclic amines) is 1. The largest absolute Gasteiger partial charge is 0.360 e. The SMILES string of the molecule is CCCN1CCC(N=C2NC(C)(C)CCS2)CC1. The number of rotatable bonds is 3. The van der Waals surface area contributed by atoms with E-state index in [4.69, 9.17) is 4.99 Å². The van der Waals surface area contributed by atoms with Gasteiger partial charge in [0.15, 0.2) is 5.17 Å². The Morgan fingerprint density at radius 3 is 2.72 bits per heavy atom. The monoisotopic (exact) mass is 269 g/mol. The van der Waals surface area contributed by atoms with Crippen molar-refractivity contribution >= 4 is 16.9 Å². The highest BCUT2D eigenvalue weighted by molar-refractivity contribution is 8.13. The molecule has 104 valence electrons. The van der Waals surface area contributed by atoms with E-state index in [9.17, 15) is 0 Å². The molecule has 3 nitrogen and oxygen atoms in total. The van der Waals surface area contributed by atoms with Gasteiger partial charge in [0, 0.05) is 24.4 Å². The lowest BCUT2D eigenvalue weighted by molar-refractivity contribution is 0.214. The van der Waals surface area contributed by atoms with E-state index in [0.29, 0.717) is 6.04 Å². The third kappa shape index (κ3) is 4.16. The summed E-state index contributed by atoms with van der Waals surface area (Å²) < 4.78 is 0. The molecule has 4 heteroatoms. The van der Waals surface area contributed by atoms with Gasteiger partial charge in [0.1, 0.15) is 0 Å². The zero-order valence-electron chi connectivity index (χ0n) is 12.0. The molecule has 0 aliphatic carbocycles. The molecule has 18 heavy (non-hydrogen) atoms. The molecule has 0 aromatic rings. The minimum atomic E-state index is 0.229. The zero-order chi connectivity index (χ0) is 13.0. The molecule has 0 unspecified atom stereocenters. The maximum atomic E-state index is 4.93. The van der Waals surface area contributed by atoms with Crippen LogP contribution in [-0.4, -0.2) is 47.0 Å². The maximum absolute atomic E-state index is 4.93. The van der Waals surface area contributed by atoms with Crippen LogP contribution in [0.2, 0.25) is 0 Å². The molecular weight excluding hydrogens is 242 g/mol. The normalized spacial score (nSPS) is 28.3. The van der Waals surface area contributed by atoms with Crippen molar-refractivity contribution in [3.05, 3.63) is 0 Å². The molecule has 0 amide bonds. The summed E-state index contributed by atoms with van der Waals surface area (Å²) in [5.74, 6) is 1.20. The first-order chi connectivity index (χ1) is 8.59. The van der Waals surface area contributed by atoms with Gasteiger partial charge in [-0.05, 0) is 46.1 Å².